The fourth-order valence-electron chi connectivity index (χ4n) is 1.76. The zero-order valence-electron chi connectivity index (χ0n) is 12.1. The highest BCUT2D eigenvalue weighted by Gasteiger charge is 1.95. The molecular weight excluding hydrogens is 286 g/mol. The minimum atomic E-state index is 0.586. The first-order valence-electron chi connectivity index (χ1n) is 6.65. The van der Waals surface area contributed by atoms with E-state index in [1.165, 1.54) is 0 Å². The van der Waals surface area contributed by atoms with Crippen molar-refractivity contribution in [1.29, 1.82) is 5.26 Å². The third kappa shape index (κ3) is 4.32. The molecule has 0 fully saturated rings. The molecule has 0 aliphatic heterocycles. The average molecular weight is 299 g/mol. The maximum atomic E-state index is 8.97. The Morgan fingerprint density at radius 3 is 2.00 bits per heavy atom. The van der Waals surface area contributed by atoms with Crippen molar-refractivity contribution in [2.45, 2.75) is 4.90 Å². The molecular formula is C20H13NS. The van der Waals surface area contributed by atoms with Gasteiger partial charge in [-0.2, -0.15) is 5.26 Å². The van der Waals surface area contributed by atoms with Crippen molar-refractivity contribution in [2.24, 2.45) is 0 Å². The Bertz CT molecular complexity index is 849. The number of benzene rings is 2. The molecule has 22 heavy (non-hydrogen) atoms. The second-order valence-electron chi connectivity index (χ2n) is 4.23. The minimum absolute atomic E-state index is 0.586. The van der Waals surface area contributed by atoms with Gasteiger partial charge in [0.2, 0.25) is 0 Å². The van der Waals surface area contributed by atoms with E-state index in [2.05, 4.69) is 35.8 Å². The van der Waals surface area contributed by atoms with Gasteiger partial charge in [0, 0.05) is 16.0 Å². The van der Waals surface area contributed by atoms with Crippen LogP contribution in [0.1, 0.15) is 16.7 Å². The van der Waals surface area contributed by atoms with Gasteiger partial charge < -0.3 is 0 Å². The normalized spacial score (nSPS) is 9.27. The van der Waals surface area contributed by atoms with Crippen molar-refractivity contribution in [3.63, 3.8) is 0 Å². The van der Waals surface area contributed by atoms with Crippen LogP contribution in [0, 0.1) is 35.0 Å². The summed E-state index contributed by atoms with van der Waals surface area (Å²) in [4.78, 5) is 1.16. The van der Waals surface area contributed by atoms with Crippen molar-refractivity contribution in [3.8, 4) is 29.8 Å². The smallest absolute Gasteiger partial charge is 0.100 e. The Hall–Kier alpha value is -2.86. The number of thioether (sulfide) groups is 1. The highest BCUT2D eigenvalue weighted by molar-refractivity contribution is 7.98. The van der Waals surface area contributed by atoms with Crippen LogP contribution in [0.3, 0.4) is 0 Å². The Balaban J connectivity index is 2.08. The van der Waals surface area contributed by atoms with E-state index < -0.39 is 0 Å². The molecule has 0 aliphatic carbocycles. The van der Waals surface area contributed by atoms with Crippen molar-refractivity contribution >= 4 is 11.8 Å². The summed E-state index contributed by atoms with van der Waals surface area (Å²) in [6.45, 7) is 0. The molecule has 0 unspecified atom stereocenters. The van der Waals surface area contributed by atoms with Crippen LogP contribution in [-0.4, -0.2) is 6.26 Å². The van der Waals surface area contributed by atoms with E-state index in [-0.39, 0.29) is 0 Å². The summed E-state index contributed by atoms with van der Waals surface area (Å²) in [5.41, 5.74) is 2.33. The van der Waals surface area contributed by atoms with Gasteiger partial charge in [0.1, 0.15) is 6.07 Å². The lowest BCUT2D eigenvalue weighted by molar-refractivity contribution is 1.42. The number of allylic oxidation sites excluding steroid dienone is 2. The molecule has 0 spiro atoms. The monoisotopic (exact) mass is 299 g/mol. The van der Waals surface area contributed by atoms with Crippen LogP contribution in [0.4, 0.5) is 0 Å². The molecule has 2 aromatic rings. The van der Waals surface area contributed by atoms with Crippen molar-refractivity contribution in [1.82, 2.24) is 0 Å². The lowest BCUT2D eigenvalue weighted by Gasteiger charge is -1.97. The summed E-state index contributed by atoms with van der Waals surface area (Å²) in [6.07, 6.45) is 5.45. The van der Waals surface area contributed by atoms with Crippen LogP contribution in [0.2, 0.25) is 0 Å². The molecule has 0 N–H and O–H groups in total. The van der Waals surface area contributed by atoms with Crippen LogP contribution in [-0.2, 0) is 0 Å². The molecule has 0 amide bonds. The summed E-state index contributed by atoms with van der Waals surface area (Å²) in [6, 6.07) is 17.4. The lowest BCUT2D eigenvalue weighted by Crippen LogP contribution is -1.80. The highest BCUT2D eigenvalue weighted by atomic mass is 32.2. The quantitative estimate of drug-likeness (QED) is 0.581. The Kier molecular flexibility index (Phi) is 5.95. The highest BCUT2D eigenvalue weighted by Crippen LogP contribution is 2.18. The predicted molar refractivity (Wildman–Crippen MR) is 92.3 cm³/mol. The van der Waals surface area contributed by atoms with Crippen molar-refractivity contribution in [2.75, 3.05) is 6.26 Å². The number of nitriles is 1. The molecule has 104 valence electrons. The Morgan fingerprint density at radius 1 is 0.818 bits per heavy atom. The number of nitrogens with zero attached hydrogens (tertiary/aromatic N) is 1. The second kappa shape index (κ2) is 8.43. The van der Waals surface area contributed by atoms with Gasteiger partial charge in [0.05, 0.1) is 5.56 Å². The van der Waals surface area contributed by atoms with Crippen LogP contribution in [0.15, 0.2) is 65.6 Å². The van der Waals surface area contributed by atoms with E-state index in [0.717, 1.165) is 16.0 Å². The molecule has 2 rings (SSSR count). The first kappa shape index (κ1) is 15.5. The molecule has 1 nitrogen and oxygen atoms in total. The zero-order chi connectivity index (χ0) is 15.6. The third-order valence-corrected chi connectivity index (χ3v) is 3.61. The topological polar surface area (TPSA) is 23.8 Å². The van der Waals surface area contributed by atoms with E-state index in [1.807, 2.05) is 42.7 Å². The van der Waals surface area contributed by atoms with Gasteiger partial charge in [-0.15, -0.1) is 11.8 Å². The Morgan fingerprint density at radius 2 is 1.36 bits per heavy atom. The summed E-state index contributed by atoms with van der Waals surface area (Å²) < 4.78 is 0. The summed E-state index contributed by atoms with van der Waals surface area (Å²) >= 11 is 1.68. The van der Waals surface area contributed by atoms with E-state index in [4.69, 9.17) is 5.26 Å². The van der Waals surface area contributed by atoms with E-state index in [9.17, 15) is 0 Å². The third-order valence-electron chi connectivity index (χ3n) is 2.82. The molecule has 0 saturated heterocycles. The van der Waals surface area contributed by atoms with Crippen LogP contribution >= 0.6 is 11.8 Å². The largest absolute Gasteiger partial charge is 0.192 e. The van der Waals surface area contributed by atoms with Gasteiger partial charge in [-0.25, -0.2) is 0 Å². The molecule has 2 aromatic carbocycles. The Labute approximate surface area is 135 Å². The molecule has 0 aromatic heterocycles. The van der Waals surface area contributed by atoms with E-state index in [1.54, 1.807) is 30.0 Å². The van der Waals surface area contributed by atoms with Gasteiger partial charge in [-0.1, -0.05) is 47.9 Å². The summed E-state index contributed by atoms with van der Waals surface area (Å²) in [7, 11) is 0. The molecule has 0 bridgehead atoms. The minimum Gasteiger partial charge on any atom is -0.192 e. The lowest BCUT2D eigenvalue weighted by atomic mass is 10.1. The van der Waals surface area contributed by atoms with Crippen molar-refractivity contribution in [3.05, 3.63) is 77.4 Å². The molecule has 0 atom stereocenters. The zero-order valence-corrected chi connectivity index (χ0v) is 12.9. The van der Waals surface area contributed by atoms with Crippen molar-refractivity contribution < 1.29 is 0 Å². The SMILES string of the molecule is CSc1ccccc1C#CC=CC#Cc1ccccc1C#N. The first-order valence-corrected chi connectivity index (χ1v) is 7.88. The summed E-state index contributed by atoms with van der Waals surface area (Å²) in [5, 5.41) is 8.97. The number of hydrogen-bond donors (Lipinski definition) is 0. The molecule has 0 heterocycles. The summed E-state index contributed by atoms with van der Waals surface area (Å²) in [5.74, 6) is 11.9. The van der Waals surface area contributed by atoms with Crippen LogP contribution in [0.5, 0.6) is 0 Å². The van der Waals surface area contributed by atoms with E-state index in [0.29, 0.717) is 5.56 Å². The second-order valence-corrected chi connectivity index (χ2v) is 5.08. The van der Waals surface area contributed by atoms with Gasteiger partial charge in [0.15, 0.2) is 0 Å². The molecule has 0 radical (unpaired) electrons. The average Bonchev–Trinajstić information content (AvgIpc) is 2.58. The van der Waals surface area contributed by atoms with E-state index >= 15 is 0 Å². The molecule has 2 heteroatoms. The maximum Gasteiger partial charge on any atom is 0.100 e. The maximum absolute atomic E-state index is 8.97. The van der Waals surface area contributed by atoms with Crippen LogP contribution < -0.4 is 0 Å². The van der Waals surface area contributed by atoms with Gasteiger partial charge in [-0.3, -0.25) is 0 Å². The number of rotatable bonds is 1. The molecule has 0 aliphatic rings. The van der Waals surface area contributed by atoms with Gasteiger partial charge in [-0.05, 0) is 42.7 Å². The number of hydrogen-bond acceptors (Lipinski definition) is 2. The fourth-order valence-corrected chi connectivity index (χ4v) is 2.31. The standard InChI is InChI=1S/C20H13NS/c1-22-20-15-9-8-13-18(20)12-5-3-2-4-10-17-11-6-7-14-19(17)16-21/h2-3,6-9,11,13-15H,1H3. The molecule has 0 saturated carbocycles. The van der Waals surface area contributed by atoms with Crippen LogP contribution in [0.25, 0.3) is 0 Å². The first-order chi connectivity index (χ1) is 10.8. The fraction of sp³-hybridized carbons (Fsp3) is 0.0500. The van der Waals surface area contributed by atoms with Gasteiger partial charge in [0.25, 0.3) is 0 Å². The van der Waals surface area contributed by atoms with Gasteiger partial charge >= 0.3 is 0 Å². The predicted octanol–water partition coefficient (Wildman–Crippen LogP) is 4.24.